The average Bonchev–Trinajstić information content (AvgIpc) is 2.27. The van der Waals surface area contributed by atoms with Crippen LogP contribution in [0.25, 0.3) is 0 Å². The Morgan fingerprint density at radius 1 is 1.41 bits per heavy atom. The monoisotopic (exact) mass is 234 g/mol. The average molecular weight is 234 g/mol. The molecule has 92 valence electrons. The van der Waals surface area contributed by atoms with Gasteiger partial charge in [0.05, 0.1) is 0 Å². The minimum absolute atomic E-state index is 0.0385. The summed E-state index contributed by atoms with van der Waals surface area (Å²) >= 11 is 0. The molecule has 0 radical (unpaired) electrons. The maximum atomic E-state index is 12.2. The topological polar surface area (TPSA) is 53.4 Å². The van der Waals surface area contributed by atoms with Crippen molar-refractivity contribution >= 4 is 5.91 Å². The zero-order chi connectivity index (χ0) is 12.4. The summed E-state index contributed by atoms with van der Waals surface area (Å²) in [5, 5.41) is 9.63. The van der Waals surface area contributed by atoms with Gasteiger partial charge in [-0.1, -0.05) is 13.8 Å². The second kappa shape index (κ2) is 4.73. The Hall–Kier alpha value is -1.58. The Morgan fingerprint density at radius 3 is 2.65 bits per heavy atom. The van der Waals surface area contributed by atoms with E-state index in [0.29, 0.717) is 11.8 Å². The van der Waals surface area contributed by atoms with Gasteiger partial charge in [0, 0.05) is 19.3 Å². The van der Waals surface area contributed by atoms with Crippen LogP contribution < -0.4 is 0 Å². The van der Waals surface area contributed by atoms with Gasteiger partial charge in [-0.25, -0.2) is 4.98 Å². The van der Waals surface area contributed by atoms with Gasteiger partial charge in [0.15, 0.2) is 5.69 Å². The summed E-state index contributed by atoms with van der Waals surface area (Å²) in [6.07, 6.45) is 2.68. The number of carbonyl (C=O) groups excluding carboxylic acids is 1. The van der Waals surface area contributed by atoms with E-state index in [1.165, 1.54) is 12.3 Å². The van der Waals surface area contributed by atoms with Crippen LogP contribution in [0.3, 0.4) is 0 Å². The number of aromatic nitrogens is 1. The lowest BCUT2D eigenvalue weighted by Crippen LogP contribution is -2.42. The first-order valence-corrected chi connectivity index (χ1v) is 6.01. The molecule has 1 aliphatic rings. The SMILES string of the molecule is CC1CC(C)CN(C(=O)c2ncccc2O)C1. The number of piperidine rings is 1. The summed E-state index contributed by atoms with van der Waals surface area (Å²) < 4.78 is 0. The van der Waals surface area contributed by atoms with Gasteiger partial charge in [-0.15, -0.1) is 0 Å². The van der Waals surface area contributed by atoms with E-state index in [1.54, 1.807) is 11.0 Å². The second-order valence-corrected chi connectivity index (χ2v) is 5.03. The van der Waals surface area contributed by atoms with Crippen molar-refractivity contribution in [1.29, 1.82) is 0 Å². The van der Waals surface area contributed by atoms with Crippen LogP contribution in [0.5, 0.6) is 5.75 Å². The first kappa shape index (κ1) is 11.9. The molecule has 1 aromatic rings. The van der Waals surface area contributed by atoms with Gasteiger partial charge in [0.1, 0.15) is 5.75 Å². The first-order valence-electron chi connectivity index (χ1n) is 6.01. The molecule has 1 N–H and O–H groups in total. The molecule has 2 atom stereocenters. The number of aromatic hydroxyl groups is 1. The number of hydrogen-bond acceptors (Lipinski definition) is 3. The van der Waals surface area contributed by atoms with Crippen molar-refractivity contribution in [2.45, 2.75) is 20.3 Å². The standard InChI is InChI=1S/C13H18N2O2/c1-9-6-10(2)8-15(7-9)13(17)12-11(16)4-3-5-14-12/h3-5,9-10,16H,6-8H2,1-2H3. The van der Waals surface area contributed by atoms with E-state index in [-0.39, 0.29) is 17.4 Å². The highest BCUT2D eigenvalue weighted by molar-refractivity contribution is 5.94. The number of likely N-dealkylation sites (tertiary alicyclic amines) is 1. The molecule has 2 heterocycles. The summed E-state index contributed by atoms with van der Waals surface area (Å²) in [4.78, 5) is 18.0. The molecule has 0 spiro atoms. The van der Waals surface area contributed by atoms with E-state index < -0.39 is 0 Å². The van der Waals surface area contributed by atoms with E-state index in [4.69, 9.17) is 0 Å². The molecule has 2 unspecified atom stereocenters. The number of pyridine rings is 1. The Morgan fingerprint density at radius 2 is 2.06 bits per heavy atom. The molecule has 4 heteroatoms. The van der Waals surface area contributed by atoms with Crippen LogP contribution in [0.2, 0.25) is 0 Å². The van der Waals surface area contributed by atoms with Crippen molar-refractivity contribution in [1.82, 2.24) is 9.88 Å². The molecular formula is C13H18N2O2. The van der Waals surface area contributed by atoms with Gasteiger partial charge < -0.3 is 10.0 Å². The Balaban J connectivity index is 2.17. The molecule has 1 amide bonds. The summed E-state index contributed by atoms with van der Waals surface area (Å²) in [6.45, 7) is 5.79. The molecule has 0 aromatic carbocycles. The van der Waals surface area contributed by atoms with Crippen molar-refractivity contribution in [3.63, 3.8) is 0 Å². The van der Waals surface area contributed by atoms with Crippen molar-refractivity contribution in [2.24, 2.45) is 11.8 Å². The van der Waals surface area contributed by atoms with Gasteiger partial charge in [-0.3, -0.25) is 4.79 Å². The summed E-state index contributed by atoms with van der Waals surface area (Å²) in [5.74, 6) is 0.812. The van der Waals surface area contributed by atoms with E-state index in [9.17, 15) is 9.90 Å². The maximum absolute atomic E-state index is 12.2. The molecular weight excluding hydrogens is 216 g/mol. The molecule has 1 fully saturated rings. The fourth-order valence-electron chi connectivity index (χ4n) is 2.54. The quantitative estimate of drug-likeness (QED) is 0.807. The summed E-state index contributed by atoms with van der Waals surface area (Å²) in [6, 6.07) is 3.12. The van der Waals surface area contributed by atoms with Crippen LogP contribution in [0.1, 0.15) is 30.8 Å². The van der Waals surface area contributed by atoms with Crippen LogP contribution in [0, 0.1) is 11.8 Å². The lowest BCUT2D eigenvalue weighted by Gasteiger charge is -2.34. The first-order chi connectivity index (χ1) is 8.08. The van der Waals surface area contributed by atoms with Crippen LogP contribution in [0.4, 0.5) is 0 Å². The van der Waals surface area contributed by atoms with Gasteiger partial charge in [-0.2, -0.15) is 0 Å². The van der Waals surface area contributed by atoms with Crippen molar-refractivity contribution in [3.05, 3.63) is 24.0 Å². The molecule has 0 saturated carbocycles. The van der Waals surface area contributed by atoms with E-state index in [2.05, 4.69) is 18.8 Å². The third-order valence-corrected chi connectivity index (χ3v) is 3.15. The van der Waals surface area contributed by atoms with Gasteiger partial charge in [0.2, 0.25) is 0 Å². The van der Waals surface area contributed by atoms with E-state index in [1.807, 2.05) is 0 Å². The number of amides is 1. The molecule has 1 saturated heterocycles. The molecule has 1 aliphatic heterocycles. The predicted molar refractivity (Wildman–Crippen MR) is 64.8 cm³/mol. The van der Waals surface area contributed by atoms with Crippen molar-refractivity contribution in [2.75, 3.05) is 13.1 Å². The second-order valence-electron chi connectivity index (χ2n) is 5.03. The lowest BCUT2D eigenvalue weighted by molar-refractivity contribution is 0.0614. The third-order valence-electron chi connectivity index (χ3n) is 3.15. The fraction of sp³-hybridized carbons (Fsp3) is 0.538. The van der Waals surface area contributed by atoms with Gasteiger partial charge in [0.25, 0.3) is 5.91 Å². The summed E-state index contributed by atoms with van der Waals surface area (Å²) in [7, 11) is 0. The molecule has 0 aliphatic carbocycles. The Bertz CT molecular complexity index is 410. The highest BCUT2D eigenvalue weighted by Gasteiger charge is 2.27. The Kier molecular flexibility index (Phi) is 3.31. The highest BCUT2D eigenvalue weighted by atomic mass is 16.3. The molecule has 0 bridgehead atoms. The zero-order valence-electron chi connectivity index (χ0n) is 10.3. The molecule has 17 heavy (non-hydrogen) atoms. The van der Waals surface area contributed by atoms with Crippen LogP contribution in [-0.4, -0.2) is 34.0 Å². The maximum Gasteiger partial charge on any atom is 0.276 e. The zero-order valence-corrected chi connectivity index (χ0v) is 10.3. The number of carbonyl (C=O) groups is 1. The smallest absolute Gasteiger partial charge is 0.276 e. The molecule has 1 aromatic heterocycles. The number of rotatable bonds is 1. The largest absolute Gasteiger partial charge is 0.505 e. The van der Waals surface area contributed by atoms with E-state index >= 15 is 0 Å². The van der Waals surface area contributed by atoms with Crippen LogP contribution in [-0.2, 0) is 0 Å². The summed E-state index contributed by atoms with van der Waals surface area (Å²) in [5.41, 5.74) is 0.161. The predicted octanol–water partition coefficient (Wildman–Crippen LogP) is 1.91. The van der Waals surface area contributed by atoms with Crippen molar-refractivity contribution in [3.8, 4) is 5.75 Å². The van der Waals surface area contributed by atoms with E-state index in [0.717, 1.165) is 19.5 Å². The van der Waals surface area contributed by atoms with Crippen LogP contribution >= 0.6 is 0 Å². The number of nitrogens with zero attached hydrogens (tertiary/aromatic N) is 2. The minimum atomic E-state index is -0.165. The third kappa shape index (κ3) is 2.57. The normalized spacial score (nSPS) is 24.7. The molecule has 4 nitrogen and oxygen atoms in total. The van der Waals surface area contributed by atoms with Gasteiger partial charge in [-0.05, 0) is 30.4 Å². The Labute approximate surface area is 101 Å². The van der Waals surface area contributed by atoms with Gasteiger partial charge >= 0.3 is 0 Å². The van der Waals surface area contributed by atoms with Crippen LogP contribution in [0.15, 0.2) is 18.3 Å². The minimum Gasteiger partial charge on any atom is -0.505 e. The van der Waals surface area contributed by atoms with Crippen molar-refractivity contribution < 1.29 is 9.90 Å². The highest BCUT2D eigenvalue weighted by Crippen LogP contribution is 2.24. The molecule has 2 rings (SSSR count). The number of hydrogen-bond donors (Lipinski definition) is 1. The lowest BCUT2D eigenvalue weighted by atomic mass is 9.92. The fourth-order valence-corrected chi connectivity index (χ4v) is 2.54.